The lowest BCUT2D eigenvalue weighted by Crippen LogP contribution is -2.32. The number of rotatable bonds is 9. The van der Waals surface area contributed by atoms with E-state index in [2.05, 4.69) is 10.6 Å². The van der Waals surface area contributed by atoms with E-state index in [9.17, 15) is 14.7 Å². The minimum atomic E-state index is -0.484. The third kappa shape index (κ3) is 6.38. The topological polar surface area (TPSA) is 91.6 Å². The molecule has 1 atom stereocenters. The Labute approximate surface area is 118 Å². The Bertz CT molecular complexity index is 403. The molecule has 6 heteroatoms. The monoisotopic (exact) mass is 282 g/mol. The molecule has 0 aliphatic rings. The first-order valence-electron chi connectivity index (χ1n) is 6.90. The van der Waals surface area contributed by atoms with Gasteiger partial charge in [-0.25, -0.2) is 0 Å². The van der Waals surface area contributed by atoms with Crippen LogP contribution in [0.4, 0.5) is 0 Å². The molecule has 0 aliphatic carbocycles. The average molecular weight is 282 g/mol. The molecule has 1 heterocycles. The van der Waals surface area contributed by atoms with Crippen molar-refractivity contribution in [2.24, 2.45) is 0 Å². The van der Waals surface area contributed by atoms with Crippen LogP contribution in [0.3, 0.4) is 0 Å². The van der Waals surface area contributed by atoms with E-state index in [0.29, 0.717) is 25.8 Å². The molecular weight excluding hydrogens is 260 g/mol. The molecule has 0 spiro atoms. The number of carbonyl (C=O) groups is 2. The lowest BCUT2D eigenvalue weighted by Gasteiger charge is -2.10. The molecule has 1 unspecified atom stereocenters. The number of nitrogens with one attached hydrogen (secondary N) is 2. The Morgan fingerprint density at radius 2 is 2.20 bits per heavy atom. The van der Waals surface area contributed by atoms with E-state index < -0.39 is 6.10 Å². The molecule has 0 saturated carbocycles. The van der Waals surface area contributed by atoms with Gasteiger partial charge < -0.3 is 20.2 Å². The number of amides is 2. The second-order valence-corrected chi connectivity index (χ2v) is 4.58. The van der Waals surface area contributed by atoms with Crippen LogP contribution in [0.2, 0.25) is 0 Å². The third-order valence-corrected chi connectivity index (χ3v) is 2.77. The van der Waals surface area contributed by atoms with Crippen LogP contribution >= 0.6 is 0 Å². The van der Waals surface area contributed by atoms with Gasteiger partial charge in [0.1, 0.15) is 0 Å². The molecule has 1 aromatic heterocycles. The van der Waals surface area contributed by atoms with Crippen LogP contribution in [-0.2, 0) is 4.79 Å². The molecule has 0 aliphatic heterocycles. The minimum absolute atomic E-state index is 0.118. The number of aliphatic hydroxyl groups is 1. The molecule has 6 nitrogen and oxygen atoms in total. The van der Waals surface area contributed by atoms with E-state index in [4.69, 9.17) is 4.42 Å². The normalized spacial score (nSPS) is 11.9. The van der Waals surface area contributed by atoms with Crippen molar-refractivity contribution in [1.82, 2.24) is 10.6 Å². The number of furan rings is 1. The van der Waals surface area contributed by atoms with Gasteiger partial charge in [-0.2, -0.15) is 0 Å². The van der Waals surface area contributed by atoms with Gasteiger partial charge in [-0.1, -0.05) is 13.3 Å². The summed E-state index contributed by atoms with van der Waals surface area (Å²) in [5.41, 5.74) is 0. The molecule has 0 radical (unpaired) electrons. The van der Waals surface area contributed by atoms with Gasteiger partial charge in [0.15, 0.2) is 5.76 Å². The first-order chi connectivity index (χ1) is 9.63. The summed E-state index contributed by atoms with van der Waals surface area (Å²) in [6.07, 6.45) is 3.38. The van der Waals surface area contributed by atoms with Gasteiger partial charge >= 0.3 is 0 Å². The number of carbonyl (C=O) groups excluding carboxylic acids is 2. The summed E-state index contributed by atoms with van der Waals surface area (Å²) in [5.74, 6) is -0.140. The van der Waals surface area contributed by atoms with Crippen LogP contribution in [-0.4, -0.2) is 36.1 Å². The van der Waals surface area contributed by atoms with E-state index >= 15 is 0 Å². The fourth-order valence-corrected chi connectivity index (χ4v) is 1.70. The van der Waals surface area contributed by atoms with Crippen molar-refractivity contribution in [3.63, 3.8) is 0 Å². The molecule has 1 rings (SSSR count). The van der Waals surface area contributed by atoms with Crippen LogP contribution < -0.4 is 10.6 Å². The highest BCUT2D eigenvalue weighted by atomic mass is 16.3. The fraction of sp³-hybridized carbons (Fsp3) is 0.571. The minimum Gasteiger partial charge on any atom is -0.459 e. The molecule has 0 aromatic carbocycles. The first-order valence-corrected chi connectivity index (χ1v) is 6.90. The SMILES string of the molecule is CCCC(O)CNC(=O)CCCNC(=O)c1ccco1. The zero-order chi connectivity index (χ0) is 14.8. The van der Waals surface area contributed by atoms with Gasteiger partial charge in [-0.05, 0) is 25.0 Å². The standard InChI is InChI=1S/C14H22N2O4/c1-2-5-11(17)10-16-13(18)7-3-8-15-14(19)12-6-4-9-20-12/h4,6,9,11,17H,2-3,5,7-8,10H2,1H3,(H,15,19)(H,16,18). The maximum absolute atomic E-state index is 11.5. The molecule has 2 amide bonds. The van der Waals surface area contributed by atoms with Crippen molar-refractivity contribution in [2.75, 3.05) is 13.1 Å². The van der Waals surface area contributed by atoms with Crippen LogP contribution in [0.25, 0.3) is 0 Å². The van der Waals surface area contributed by atoms with E-state index in [-0.39, 0.29) is 24.1 Å². The smallest absolute Gasteiger partial charge is 0.286 e. The van der Waals surface area contributed by atoms with Crippen LogP contribution in [0.15, 0.2) is 22.8 Å². The predicted octanol–water partition coefficient (Wildman–Crippen LogP) is 1.07. The van der Waals surface area contributed by atoms with Crippen LogP contribution in [0.5, 0.6) is 0 Å². The number of hydrogen-bond donors (Lipinski definition) is 3. The van der Waals surface area contributed by atoms with Gasteiger partial charge in [0.25, 0.3) is 5.91 Å². The highest BCUT2D eigenvalue weighted by Gasteiger charge is 2.08. The van der Waals surface area contributed by atoms with Crippen molar-refractivity contribution in [3.8, 4) is 0 Å². The zero-order valence-electron chi connectivity index (χ0n) is 11.7. The molecule has 0 saturated heterocycles. The molecule has 3 N–H and O–H groups in total. The summed E-state index contributed by atoms with van der Waals surface area (Å²) >= 11 is 0. The van der Waals surface area contributed by atoms with Crippen molar-refractivity contribution in [1.29, 1.82) is 0 Å². The maximum Gasteiger partial charge on any atom is 0.286 e. The lowest BCUT2D eigenvalue weighted by molar-refractivity contribution is -0.121. The van der Waals surface area contributed by atoms with Crippen LogP contribution in [0.1, 0.15) is 43.2 Å². The third-order valence-electron chi connectivity index (χ3n) is 2.77. The predicted molar refractivity (Wildman–Crippen MR) is 74.2 cm³/mol. The van der Waals surface area contributed by atoms with Gasteiger partial charge in [-0.15, -0.1) is 0 Å². The number of aliphatic hydroxyl groups excluding tert-OH is 1. The summed E-state index contributed by atoms with van der Waals surface area (Å²) in [6.45, 7) is 2.67. The van der Waals surface area contributed by atoms with Gasteiger partial charge in [0, 0.05) is 19.5 Å². The zero-order valence-corrected chi connectivity index (χ0v) is 11.7. The Hall–Kier alpha value is -1.82. The quantitative estimate of drug-likeness (QED) is 0.591. The fourth-order valence-electron chi connectivity index (χ4n) is 1.70. The second kappa shape index (κ2) is 9.14. The summed E-state index contributed by atoms with van der Waals surface area (Å²) in [7, 11) is 0. The highest BCUT2D eigenvalue weighted by Crippen LogP contribution is 1.99. The Kier molecular flexibility index (Phi) is 7.42. The summed E-state index contributed by atoms with van der Waals surface area (Å²) < 4.78 is 4.94. The van der Waals surface area contributed by atoms with Gasteiger partial charge in [-0.3, -0.25) is 9.59 Å². The first kappa shape index (κ1) is 16.2. The summed E-state index contributed by atoms with van der Waals surface area (Å²) in [5, 5.41) is 14.8. The van der Waals surface area contributed by atoms with E-state index in [1.54, 1.807) is 12.1 Å². The van der Waals surface area contributed by atoms with Crippen molar-refractivity contribution >= 4 is 11.8 Å². The van der Waals surface area contributed by atoms with E-state index in [0.717, 1.165) is 6.42 Å². The van der Waals surface area contributed by atoms with Gasteiger partial charge in [0.05, 0.1) is 12.4 Å². The molecule has 1 aromatic rings. The Morgan fingerprint density at radius 1 is 1.40 bits per heavy atom. The van der Waals surface area contributed by atoms with Crippen molar-refractivity contribution in [2.45, 2.75) is 38.7 Å². The van der Waals surface area contributed by atoms with Gasteiger partial charge in [0.2, 0.25) is 5.91 Å². The van der Waals surface area contributed by atoms with Crippen molar-refractivity contribution in [3.05, 3.63) is 24.2 Å². The highest BCUT2D eigenvalue weighted by molar-refractivity contribution is 5.91. The molecular formula is C14H22N2O4. The van der Waals surface area contributed by atoms with Crippen LogP contribution in [0, 0.1) is 0 Å². The molecule has 0 bridgehead atoms. The number of hydrogen-bond acceptors (Lipinski definition) is 4. The summed E-state index contributed by atoms with van der Waals surface area (Å²) in [6, 6.07) is 3.22. The molecule has 0 fully saturated rings. The Morgan fingerprint density at radius 3 is 2.85 bits per heavy atom. The molecule has 20 heavy (non-hydrogen) atoms. The van der Waals surface area contributed by atoms with E-state index in [1.165, 1.54) is 6.26 Å². The maximum atomic E-state index is 11.5. The largest absolute Gasteiger partial charge is 0.459 e. The Balaban J connectivity index is 2.06. The molecule has 112 valence electrons. The van der Waals surface area contributed by atoms with Crippen molar-refractivity contribution < 1.29 is 19.1 Å². The summed E-state index contributed by atoms with van der Waals surface area (Å²) in [4.78, 5) is 23.0. The van der Waals surface area contributed by atoms with E-state index in [1.807, 2.05) is 6.92 Å². The average Bonchev–Trinajstić information content (AvgIpc) is 2.95. The second-order valence-electron chi connectivity index (χ2n) is 4.58. The lowest BCUT2D eigenvalue weighted by atomic mass is 10.2.